The molecule has 0 amide bonds. The number of rotatable bonds is 0. The molecule has 0 fully saturated rings. The summed E-state index contributed by atoms with van der Waals surface area (Å²) in [5.74, 6) is 2.37. The van der Waals surface area contributed by atoms with Crippen molar-refractivity contribution >= 4 is 0 Å². The normalized spacial score (nSPS) is 30.2. The SMILES string of the molecule is [C+]1=CN2C=CC3=CC4=C(CC3C2C=C1)OCO4.[I-]. The predicted octanol–water partition coefficient (Wildman–Crippen LogP) is -0.763. The first kappa shape index (κ1) is 11.8. The molecule has 0 spiro atoms. The Labute approximate surface area is 123 Å². The van der Waals surface area contributed by atoms with Crippen LogP contribution in [0.5, 0.6) is 0 Å². The van der Waals surface area contributed by atoms with E-state index in [1.54, 1.807) is 0 Å². The molecular weight excluding hydrogens is 341 g/mol. The molecule has 0 saturated carbocycles. The van der Waals surface area contributed by atoms with Crippen molar-refractivity contribution in [2.75, 3.05) is 6.79 Å². The van der Waals surface area contributed by atoms with Crippen molar-refractivity contribution in [3.05, 3.63) is 59.9 Å². The van der Waals surface area contributed by atoms with Gasteiger partial charge >= 0.3 is 0 Å². The van der Waals surface area contributed by atoms with Gasteiger partial charge in [0.2, 0.25) is 6.79 Å². The maximum absolute atomic E-state index is 5.51. The van der Waals surface area contributed by atoms with Crippen molar-refractivity contribution in [1.82, 2.24) is 4.90 Å². The molecule has 2 atom stereocenters. The first-order valence-electron chi connectivity index (χ1n) is 5.84. The fraction of sp³-hybridized carbons (Fsp3) is 0.286. The van der Waals surface area contributed by atoms with Crippen molar-refractivity contribution in [1.29, 1.82) is 0 Å². The maximum Gasteiger partial charge on any atom is 0.230 e. The van der Waals surface area contributed by atoms with Gasteiger partial charge in [0.25, 0.3) is 0 Å². The number of hydrogen-bond donors (Lipinski definition) is 0. The third kappa shape index (κ3) is 1.68. The maximum atomic E-state index is 5.51. The van der Waals surface area contributed by atoms with Crippen LogP contribution in [0.25, 0.3) is 0 Å². The molecule has 2 unspecified atom stereocenters. The summed E-state index contributed by atoms with van der Waals surface area (Å²) < 4.78 is 10.9. The van der Waals surface area contributed by atoms with Crippen LogP contribution < -0.4 is 24.0 Å². The van der Waals surface area contributed by atoms with Gasteiger partial charge in [0.1, 0.15) is 17.9 Å². The third-order valence-electron chi connectivity index (χ3n) is 3.66. The van der Waals surface area contributed by atoms with Gasteiger partial charge in [0.15, 0.2) is 18.0 Å². The minimum Gasteiger partial charge on any atom is -1.00 e. The summed E-state index contributed by atoms with van der Waals surface area (Å²) in [4.78, 5) is 2.20. The molecule has 0 aromatic heterocycles. The van der Waals surface area contributed by atoms with E-state index in [-0.39, 0.29) is 24.0 Å². The Morgan fingerprint density at radius 2 is 2.28 bits per heavy atom. The van der Waals surface area contributed by atoms with Crippen LogP contribution in [0.4, 0.5) is 0 Å². The molecule has 0 aromatic rings. The van der Waals surface area contributed by atoms with E-state index in [2.05, 4.69) is 35.4 Å². The van der Waals surface area contributed by atoms with Crippen molar-refractivity contribution in [2.45, 2.75) is 12.5 Å². The summed E-state index contributed by atoms with van der Waals surface area (Å²) in [7, 11) is 0. The number of ether oxygens (including phenoxy) is 2. The Hall–Kier alpha value is -1.26. The molecule has 4 rings (SSSR count). The molecule has 0 bridgehead atoms. The molecule has 3 aliphatic heterocycles. The van der Waals surface area contributed by atoms with Crippen LogP contribution in [-0.4, -0.2) is 17.7 Å². The Balaban J connectivity index is 0.000001000. The van der Waals surface area contributed by atoms with E-state index in [1.165, 1.54) is 5.57 Å². The molecule has 0 radical (unpaired) electrons. The molecule has 18 heavy (non-hydrogen) atoms. The average molecular weight is 353 g/mol. The quantitative estimate of drug-likeness (QED) is 0.422. The van der Waals surface area contributed by atoms with Crippen LogP contribution in [0.15, 0.2) is 53.8 Å². The van der Waals surface area contributed by atoms with Gasteiger partial charge in [-0.2, -0.15) is 0 Å². The topological polar surface area (TPSA) is 21.7 Å². The number of fused-ring (bicyclic) bond motifs is 3. The summed E-state index contributed by atoms with van der Waals surface area (Å²) in [6, 6.07) is 0.380. The zero-order chi connectivity index (χ0) is 11.2. The highest BCUT2D eigenvalue weighted by Gasteiger charge is 2.38. The number of nitrogens with zero attached hydrogens (tertiary/aromatic N) is 1. The van der Waals surface area contributed by atoms with Gasteiger partial charge in [0.05, 0.1) is 6.08 Å². The zero-order valence-electron chi connectivity index (χ0n) is 9.67. The molecule has 0 saturated heterocycles. The van der Waals surface area contributed by atoms with E-state index < -0.39 is 0 Å². The number of halogens is 1. The highest BCUT2D eigenvalue weighted by molar-refractivity contribution is 5.41. The van der Waals surface area contributed by atoms with E-state index in [4.69, 9.17) is 9.47 Å². The Kier molecular flexibility index (Phi) is 2.92. The van der Waals surface area contributed by atoms with E-state index in [0.717, 1.165) is 17.9 Å². The molecule has 3 nitrogen and oxygen atoms in total. The molecule has 0 N–H and O–H groups in total. The fourth-order valence-corrected chi connectivity index (χ4v) is 2.79. The lowest BCUT2D eigenvalue weighted by Gasteiger charge is -2.35. The van der Waals surface area contributed by atoms with Crippen LogP contribution in [0.1, 0.15) is 6.42 Å². The van der Waals surface area contributed by atoms with E-state index in [0.29, 0.717) is 18.8 Å². The smallest absolute Gasteiger partial charge is 0.230 e. The first-order valence-corrected chi connectivity index (χ1v) is 5.84. The molecule has 4 heteroatoms. The fourth-order valence-electron chi connectivity index (χ4n) is 2.79. The van der Waals surface area contributed by atoms with Crippen LogP contribution in [0.2, 0.25) is 0 Å². The lowest BCUT2D eigenvalue weighted by molar-refractivity contribution is -0.00000725. The molecule has 0 aromatic carbocycles. The van der Waals surface area contributed by atoms with E-state index in [9.17, 15) is 0 Å². The average Bonchev–Trinajstić information content (AvgIpc) is 2.83. The highest BCUT2D eigenvalue weighted by Crippen LogP contribution is 2.40. The highest BCUT2D eigenvalue weighted by atomic mass is 127. The Morgan fingerprint density at radius 3 is 3.22 bits per heavy atom. The second-order valence-electron chi connectivity index (χ2n) is 4.56. The van der Waals surface area contributed by atoms with Gasteiger partial charge < -0.3 is 38.4 Å². The first-order chi connectivity index (χ1) is 8.42. The third-order valence-corrected chi connectivity index (χ3v) is 3.66. The summed E-state index contributed by atoms with van der Waals surface area (Å²) in [5, 5.41) is 0. The molecular formula is C14H12INO2. The summed E-state index contributed by atoms with van der Waals surface area (Å²) >= 11 is 0. The lowest BCUT2D eigenvalue weighted by Crippen LogP contribution is -3.00. The Bertz CT molecular complexity index is 516. The van der Waals surface area contributed by atoms with Crippen molar-refractivity contribution < 1.29 is 33.5 Å². The van der Waals surface area contributed by atoms with Gasteiger partial charge in [0, 0.05) is 18.5 Å². The molecule has 3 heterocycles. The van der Waals surface area contributed by atoms with Gasteiger partial charge in [-0.25, -0.2) is 0 Å². The summed E-state index contributed by atoms with van der Waals surface area (Å²) in [6.45, 7) is 0.364. The summed E-state index contributed by atoms with van der Waals surface area (Å²) in [5.41, 5.74) is 1.33. The van der Waals surface area contributed by atoms with Crippen LogP contribution >= 0.6 is 0 Å². The molecule has 4 aliphatic rings. The summed E-state index contributed by atoms with van der Waals surface area (Å²) in [6.07, 6.45) is 16.6. The number of hydrogen-bond acceptors (Lipinski definition) is 3. The van der Waals surface area contributed by atoms with E-state index in [1.807, 2.05) is 12.3 Å². The number of allylic oxidation sites excluding steroid dienone is 5. The van der Waals surface area contributed by atoms with Crippen LogP contribution in [0, 0.1) is 12.0 Å². The second-order valence-corrected chi connectivity index (χ2v) is 4.56. The predicted molar refractivity (Wildman–Crippen MR) is 62.0 cm³/mol. The van der Waals surface area contributed by atoms with Crippen molar-refractivity contribution in [3.8, 4) is 0 Å². The largest absolute Gasteiger partial charge is 1.00 e. The van der Waals surface area contributed by atoms with Gasteiger partial charge in [-0.1, -0.05) is 0 Å². The van der Waals surface area contributed by atoms with Crippen molar-refractivity contribution in [3.63, 3.8) is 0 Å². The minimum atomic E-state index is 0. The minimum absolute atomic E-state index is 0. The molecule has 1 aliphatic carbocycles. The molecule has 92 valence electrons. The zero-order valence-corrected chi connectivity index (χ0v) is 11.8. The lowest BCUT2D eigenvalue weighted by atomic mass is 9.80. The van der Waals surface area contributed by atoms with Crippen LogP contribution in [-0.2, 0) is 9.47 Å². The monoisotopic (exact) mass is 353 g/mol. The van der Waals surface area contributed by atoms with Crippen LogP contribution in [0.3, 0.4) is 0 Å². The van der Waals surface area contributed by atoms with Gasteiger partial charge in [-0.05, 0) is 17.7 Å². The standard InChI is InChI=1S/C14H12NO2.HI/c1-2-5-15-6-4-10-7-13-14(17-9-16-13)8-11(10)12(15)3-1;/h1,3-7,11-12H,8-9H2;1H/q+1;/p-1. The Morgan fingerprint density at radius 1 is 1.33 bits per heavy atom. The van der Waals surface area contributed by atoms with E-state index >= 15 is 0 Å². The second kappa shape index (κ2) is 4.44. The van der Waals surface area contributed by atoms with Gasteiger partial charge in [-0.3, -0.25) is 0 Å². The van der Waals surface area contributed by atoms with Gasteiger partial charge in [-0.15, -0.1) is 0 Å². The van der Waals surface area contributed by atoms with Crippen molar-refractivity contribution in [2.24, 2.45) is 5.92 Å².